The number of anilines is 1. The maximum Gasteiger partial charge on any atom is 0.337 e. The molecule has 19 heavy (non-hydrogen) atoms. The minimum atomic E-state index is -0.863. The van der Waals surface area contributed by atoms with Crippen LogP contribution in [0.25, 0.3) is 0 Å². The van der Waals surface area contributed by atoms with E-state index in [1.165, 1.54) is 12.8 Å². The Hall–Kier alpha value is -1.51. The van der Waals surface area contributed by atoms with Crippen LogP contribution in [0.4, 0.5) is 5.69 Å². The average Bonchev–Trinajstić information content (AvgIpc) is 2.27. The SMILES string of the molecule is Cc1ccc(C(=O)O)c(NC2CCCC(C)(C)C2)c1. The van der Waals surface area contributed by atoms with Crippen molar-refractivity contribution in [2.24, 2.45) is 5.41 Å². The maximum absolute atomic E-state index is 11.3. The van der Waals surface area contributed by atoms with Gasteiger partial charge in [0.25, 0.3) is 0 Å². The summed E-state index contributed by atoms with van der Waals surface area (Å²) < 4.78 is 0. The van der Waals surface area contributed by atoms with Crippen molar-refractivity contribution in [3.8, 4) is 0 Å². The molecule has 0 radical (unpaired) electrons. The summed E-state index contributed by atoms with van der Waals surface area (Å²) in [5, 5.41) is 12.7. The maximum atomic E-state index is 11.3. The van der Waals surface area contributed by atoms with E-state index in [1.54, 1.807) is 6.07 Å². The Bertz CT molecular complexity index is 480. The molecular formula is C16H23NO2. The molecule has 1 saturated carbocycles. The number of hydrogen-bond donors (Lipinski definition) is 2. The molecule has 0 bridgehead atoms. The van der Waals surface area contributed by atoms with E-state index < -0.39 is 5.97 Å². The lowest BCUT2D eigenvalue weighted by Gasteiger charge is -2.36. The second-order valence-corrected chi connectivity index (χ2v) is 6.46. The van der Waals surface area contributed by atoms with Gasteiger partial charge in [-0.05, 0) is 49.3 Å². The Labute approximate surface area is 115 Å². The van der Waals surface area contributed by atoms with Gasteiger partial charge in [-0.3, -0.25) is 0 Å². The van der Waals surface area contributed by atoms with Gasteiger partial charge in [0, 0.05) is 11.7 Å². The van der Waals surface area contributed by atoms with E-state index >= 15 is 0 Å². The van der Waals surface area contributed by atoms with Crippen LogP contribution in [-0.2, 0) is 0 Å². The third-order valence-electron chi connectivity index (χ3n) is 3.97. The Kier molecular flexibility index (Phi) is 3.83. The van der Waals surface area contributed by atoms with Gasteiger partial charge in [0.2, 0.25) is 0 Å². The van der Waals surface area contributed by atoms with Crippen LogP contribution in [0.5, 0.6) is 0 Å². The fourth-order valence-electron chi connectivity index (χ4n) is 3.01. The molecule has 1 aliphatic carbocycles. The molecule has 2 rings (SSSR count). The number of aryl methyl sites for hydroxylation is 1. The molecule has 2 N–H and O–H groups in total. The van der Waals surface area contributed by atoms with Crippen LogP contribution < -0.4 is 5.32 Å². The quantitative estimate of drug-likeness (QED) is 0.862. The van der Waals surface area contributed by atoms with Crippen molar-refractivity contribution in [3.63, 3.8) is 0 Å². The summed E-state index contributed by atoms with van der Waals surface area (Å²) in [7, 11) is 0. The number of nitrogens with one attached hydrogen (secondary N) is 1. The van der Waals surface area contributed by atoms with Gasteiger partial charge in [-0.2, -0.15) is 0 Å². The number of rotatable bonds is 3. The predicted molar refractivity (Wildman–Crippen MR) is 77.8 cm³/mol. The fraction of sp³-hybridized carbons (Fsp3) is 0.562. The van der Waals surface area contributed by atoms with Gasteiger partial charge in [-0.1, -0.05) is 26.3 Å². The van der Waals surface area contributed by atoms with Crippen LogP contribution in [0.3, 0.4) is 0 Å². The third kappa shape index (κ3) is 3.49. The first kappa shape index (κ1) is 13.9. The molecule has 1 fully saturated rings. The Balaban J connectivity index is 2.18. The van der Waals surface area contributed by atoms with Crippen LogP contribution >= 0.6 is 0 Å². The largest absolute Gasteiger partial charge is 0.478 e. The Morgan fingerprint density at radius 3 is 2.79 bits per heavy atom. The summed E-state index contributed by atoms with van der Waals surface area (Å²) in [6, 6.07) is 5.85. The van der Waals surface area contributed by atoms with Gasteiger partial charge in [0.05, 0.1) is 5.56 Å². The minimum Gasteiger partial charge on any atom is -0.478 e. The number of carboxylic acids is 1. The summed E-state index contributed by atoms with van der Waals surface area (Å²) in [4.78, 5) is 11.3. The van der Waals surface area contributed by atoms with Crippen LogP contribution in [0.1, 0.15) is 55.5 Å². The van der Waals surface area contributed by atoms with E-state index in [4.69, 9.17) is 0 Å². The molecule has 1 aliphatic rings. The summed E-state index contributed by atoms with van der Waals surface area (Å²) in [5.74, 6) is -0.863. The average molecular weight is 261 g/mol. The highest BCUT2D eigenvalue weighted by atomic mass is 16.4. The van der Waals surface area contributed by atoms with Crippen molar-refractivity contribution in [1.82, 2.24) is 0 Å². The molecule has 104 valence electrons. The van der Waals surface area contributed by atoms with Crippen LogP contribution in [0.2, 0.25) is 0 Å². The van der Waals surface area contributed by atoms with E-state index in [0.717, 1.165) is 24.1 Å². The summed E-state index contributed by atoms with van der Waals surface area (Å²) in [6.07, 6.45) is 4.68. The first-order valence-electron chi connectivity index (χ1n) is 6.98. The van der Waals surface area contributed by atoms with E-state index in [9.17, 15) is 9.90 Å². The Morgan fingerprint density at radius 2 is 2.16 bits per heavy atom. The lowest BCUT2D eigenvalue weighted by atomic mass is 9.75. The van der Waals surface area contributed by atoms with E-state index in [2.05, 4.69) is 19.2 Å². The van der Waals surface area contributed by atoms with Gasteiger partial charge in [-0.25, -0.2) is 4.79 Å². The van der Waals surface area contributed by atoms with Gasteiger partial charge in [0.15, 0.2) is 0 Å². The number of benzene rings is 1. The molecule has 1 aromatic carbocycles. The van der Waals surface area contributed by atoms with Crippen LogP contribution in [0.15, 0.2) is 18.2 Å². The normalized spacial score (nSPS) is 21.9. The molecular weight excluding hydrogens is 238 g/mol. The molecule has 0 amide bonds. The van der Waals surface area contributed by atoms with Crippen molar-refractivity contribution < 1.29 is 9.90 Å². The first-order valence-corrected chi connectivity index (χ1v) is 6.98. The molecule has 3 nitrogen and oxygen atoms in total. The number of carbonyl (C=O) groups is 1. The fourth-order valence-corrected chi connectivity index (χ4v) is 3.01. The van der Waals surface area contributed by atoms with Crippen molar-refractivity contribution in [3.05, 3.63) is 29.3 Å². The zero-order chi connectivity index (χ0) is 14.0. The molecule has 0 aliphatic heterocycles. The summed E-state index contributed by atoms with van der Waals surface area (Å²) in [6.45, 7) is 6.56. The van der Waals surface area contributed by atoms with Crippen LogP contribution in [-0.4, -0.2) is 17.1 Å². The smallest absolute Gasteiger partial charge is 0.337 e. The first-order chi connectivity index (χ1) is 8.87. The summed E-state index contributed by atoms with van der Waals surface area (Å²) >= 11 is 0. The number of aromatic carboxylic acids is 1. The van der Waals surface area contributed by atoms with Gasteiger partial charge >= 0.3 is 5.97 Å². The second-order valence-electron chi connectivity index (χ2n) is 6.46. The van der Waals surface area contributed by atoms with Gasteiger partial charge in [0.1, 0.15) is 0 Å². The second kappa shape index (κ2) is 5.24. The highest BCUT2D eigenvalue weighted by Crippen LogP contribution is 2.36. The third-order valence-corrected chi connectivity index (χ3v) is 3.97. The van der Waals surface area contributed by atoms with Crippen LogP contribution in [0, 0.1) is 12.3 Å². The molecule has 1 aromatic rings. The zero-order valence-electron chi connectivity index (χ0n) is 12.0. The molecule has 0 spiro atoms. The molecule has 0 aromatic heterocycles. The highest BCUT2D eigenvalue weighted by Gasteiger charge is 2.28. The summed E-state index contributed by atoms with van der Waals surface area (Å²) in [5.41, 5.74) is 2.56. The monoisotopic (exact) mass is 261 g/mol. The number of hydrogen-bond acceptors (Lipinski definition) is 2. The van der Waals surface area contributed by atoms with Crippen molar-refractivity contribution >= 4 is 11.7 Å². The molecule has 1 unspecified atom stereocenters. The molecule has 3 heteroatoms. The van der Waals surface area contributed by atoms with Gasteiger partial charge < -0.3 is 10.4 Å². The van der Waals surface area contributed by atoms with Crippen molar-refractivity contribution in [1.29, 1.82) is 0 Å². The topological polar surface area (TPSA) is 49.3 Å². The highest BCUT2D eigenvalue weighted by molar-refractivity contribution is 5.94. The lowest BCUT2D eigenvalue weighted by molar-refractivity contribution is 0.0698. The molecule has 0 saturated heterocycles. The van der Waals surface area contributed by atoms with Crippen molar-refractivity contribution in [2.45, 2.75) is 52.5 Å². The van der Waals surface area contributed by atoms with E-state index in [0.29, 0.717) is 17.0 Å². The molecule has 1 atom stereocenters. The lowest BCUT2D eigenvalue weighted by Crippen LogP contribution is -2.32. The van der Waals surface area contributed by atoms with E-state index in [-0.39, 0.29) is 0 Å². The minimum absolute atomic E-state index is 0.350. The molecule has 0 heterocycles. The standard InChI is InChI=1S/C16H23NO2/c1-11-6-7-13(15(18)19)14(9-11)17-12-5-4-8-16(2,3)10-12/h6-7,9,12,17H,4-5,8,10H2,1-3H3,(H,18,19). The number of carboxylic acid groups (broad SMARTS) is 1. The van der Waals surface area contributed by atoms with E-state index in [1.807, 2.05) is 19.1 Å². The van der Waals surface area contributed by atoms with Crippen molar-refractivity contribution in [2.75, 3.05) is 5.32 Å². The van der Waals surface area contributed by atoms with Gasteiger partial charge in [-0.15, -0.1) is 0 Å². The zero-order valence-corrected chi connectivity index (χ0v) is 12.0. The Morgan fingerprint density at radius 1 is 1.42 bits per heavy atom. The predicted octanol–water partition coefficient (Wildman–Crippen LogP) is 4.07.